The summed E-state index contributed by atoms with van der Waals surface area (Å²) in [5.74, 6) is 1.81. The lowest BCUT2D eigenvalue weighted by Gasteiger charge is -2.22. The van der Waals surface area contributed by atoms with E-state index in [4.69, 9.17) is 4.74 Å². The standard InChI is InChI=1S/C20H30N4OS.HI/c1-21-20(24(4)11-10-19-9-6-14-26-19)22-16-17-7-5-8-18(15-17)25-13-12-23(2)3;/h5-9,14-15H,10-13,16H2,1-4H3,(H,21,22);1H. The van der Waals surface area contributed by atoms with Crippen LogP contribution in [0.25, 0.3) is 0 Å². The van der Waals surface area contributed by atoms with Gasteiger partial charge in [-0.15, -0.1) is 35.3 Å². The average molecular weight is 502 g/mol. The molecule has 0 fully saturated rings. The summed E-state index contributed by atoms with van der Waals surface area (Å²) in [7, 11) is 7.99. The predicted molar refractivity (Wildman–Crippen MR) is 127 cm³/mol. The fraction of sp³-hybridized carbons (Fsp3) is 0.450. The number of halogens is 1. The van der Waals surface area contributed by atoms with E-state index in [-0.39, 0.29) is 24.0 Å². The highest BCUT2D eigenvalue weighted by Crippen LogP contribution is 2.13. The first-order valence-corrected chi connectivity index (χ1v) is 9.77. The third kappa shape index (κ3) is 8.94. The summed E-state index contributed by atoms with van der Waals surface area (Å²) in [6.45, 7) is 3.26. The second kappa shape index (κ2) is 13.0. The van der Waals surface area contributed by atoms with E-state index in [1.54, 1.807) is 11.3 Å². The minimum Gasteiger partial charge on any atom is -0.492 e. The van der Waals surface area contributed by atoms with Crippen molar-refractivity contribution in [3.63, 3.8) is 0 Å². The minimum atomic E-state index is 0. The van der Waals surface area contributed by atoms with E-state index in [2.05, 4.69) is 56.8 Å². The molecule has 1 aromatic carbocycles. The maximum Gasteiger partial charge on any atom is 0.193 e. The summed E-state index contributed by atoms with van der Waals surface area (Å²) >= 11 is 1.80. The second-order valence-electron chi connectivity index (χ2n) is 6.45. The molecule has 0 bridgehead atoms. The lowest BCUT2D eigenvalue weighted by atomic mass is 10.2. The Bertz CT molecular complexity index is 676. The molecular weight excluding hydrogens is 471 g/mol. The Balaban J connectivity index is 0.00000364. The first kappa shape index (κ1) is 23.7. The van der Waals surface area contributed by atoms with E-state index < -0.39 is 0 Å². The number of thiophene rings is 1. The van der Waals surface area contributed by atoms with Gasteiger partial charge in [-0.1, -0.05) is 18.2 Å². The van der Waals surface area contributed by atoms with Gasteiger partial charge in [0.05, 0.1) is 0 Å². The third-order valence-corrected chi connectivity index (χ3v) is 4.94. The summed E-state index contributed by atoms with van der Waals surface area (Å²) in [5, 5.41) is 5.55. The van der Waals surface area contributed by atoms with Crippen LogP contribution < -0.4 is 10.1 Å². The maximum atomic E-state index is 5.81. The van der Waals surface area contributed by atoms with Crippen LogP contribution in [0.2, 0.25) is 0 Å². The zero-order valence-corrected chi connectivity index (χ0v) is 19.8. The van der Waals surface area contributed by atoms with Gasteiger partial charge < -0.3 is 19.9 Å². The molecule has 0 aliphatic carbocycles. The predicted octanol–water partition coefficient (Wildman–Crippen LogP) is 3.56. The van der Waals surface area contributed by atoms with Crippen molar-refractivity contribution in [2.75, 3.05) is 47.9 Å². The molecule has 2 aromatic rings. The molecule has 5 nitrogen and oxygen atoms in total. The van der Waals surface area contributed by atoms with Crippen molar-refractivity contribution >= 4 is 41.3 Å². The Morgan fingerprint density at radius 3 is 2.63 bits per heavy atom. The third-order valence-electron chi connectivity index (χ3n) is 4.00. The molecule has 1 aromatic heterocycles. The Morgan fingerprint density at radius 2 is 1.96 bits per heavy atom. The Morgan fingerprint density at radius 1 is 1.15 bits per heavy atom. The maximum absolute atomic E-state index is 5.81. The Kier molecular flexibility index (Phi) is 11.4. The van der Waals surface area contributed by atoms with E-state index in [0.29, 0.717) is 6.61 Å². The van der Waals surface area contributed by atoms with Crippen molar-refractivity contribution in [3.8, 4) is 5.75 Å². The second-order valence-corrected chi connectivity index (χ2v) is 7.48. The zero-order chi connectivity index (χ0) is 18.8. The Labute approximate surface area is 184 Å². The number of hydrogen-bond donors (Lipinski definition) is 1. The highest BCUT2D eigenvalue weighted by Gasteiger charge is 2.07. The van der Waals surface area contributed by atoms with E-state index in [9.17, 15) is 0 Å². The number of hydrogen-bond acceptors (Lipinski definition) is 4. The molecule has 0 amide bonds. The van der Waals surface area contributed by atoms with Gasteiger partial charge in [-0.25, -0.2) is 0 Å². The summed E-state index contributed by atoms with van der Waals surface area (Å²) in [5.41, 5.74) is 1.18. The van der Waals surface area contributed by atoms with Crippen molar-refractivity contribution in [1.82, 2.24) is 15.1 Å². The van der Waals surface area contributed by atoms with Crippen molar-refractivity contribution in [2.24, 2.45) is 4.99 Å². The van der Waals surface area contributed by atoms with Gasteiger partial charge in [0.2, 0.25) is 0 Å². The molecule has 27 heavy (non-hydrogen) atoms. The molecule has 0 atom stereocenters. The molecule has 1 N–H and O–H groups in total. The van der Waals surface area contributed by atoms with Crippen LogP contribution in [-0.4, -0.2) is 63.6 Å². The van der Waals surface area contributed by atoms with Crippen LogP contribution >= 0.6 is 35.3 Å². The lowest BCUT2D eigenvalue weighted by molar-refractivity contribution is 0.261. The monoisotopic (exact) mass is 502 g/mol. The molecule has 0 radical (unpaired) electrons. The van der Waals surface area contributed by atoms with Crippen LogP contribution in [0.15, 0.2) is 46.8 Å². The van der Waals surface area contributed by atoms with Gasteiger partial charge in [0.25, 0.3) is 0 Å². The summed E-state index contributed by atoms with van der Waals surface area (Å²) < 4.78 is 5.81. The average Bonchev–Trinajstić information content (AvgIpc) is 3.14. The summed E-state index contributed by atoms with van der Waals surface area (Å²) in [4.78, 5) is 10.1. The number of likely N-dealkylation sites (N-methyl/N-ethyl adjacent to an activating group) is 2. The van der Waals surface area contributed by atoms with Crippen molar-refractivity contribution in [2.45, 2.75) is 13.0 Å². The molecule has 0 saturated carbocycles. The van der Waals surface area contributed by atoms with Crippen LogP contribution in [0.4, 0.5) is 0 Å². The largest absolute Gasteiger partial charge is 0.492 e. The molecule has 0 unspecified atom stereocenters. The van der Waals surface area contributed by atoms with Gasteiger partial charge in [-0.3, -0.25) is 4.99 Å². The SMILES string of the molecule is CN=C(NCc1cccc(OCCN(C)C)c1)N(C)CCc1cccs1.I. The number of nitrogens with zero attached hydrogens (tertiary/aromatic N) is 3. The van der Waals surface area contributed by atoms with Crippen molar-refractivity contribution in [1.29, 1.82) is 0 Å². The number of ether oxygens (including phenoxy) is 1. The van der Waals surface area contributed by atoms with Crippen LogP contribution in [0, 0.1) is 0 Å². The van der Waals surface area contributed by atoms with Gasteiger partial charge in [0.15, 0.2) is 5.96 Å². The van der Waals surface area contributed by atoms with E-state index in [1.807, 2.05) is 33.3 Å². The molecular formula is C20H31IN4OS. The fourth-order valence-corrected chi connectivity index (χ4v) is 3.19. The number of benzene rings is 1. The quantitative estimate of drug-likeness (QED) is 0.324. The number of guanidine groups is 1. The fourth-order valence-electron chi connectivity index (χ4n) is 2.50. The minimum absolute atomic E-state index is 0. The van der Waals surface area contributed by atoms with Gasteiger partial charge in [0, 0.05) is 38.6 Å². The van der Waals surface area contributed by atoms with Crippen molar-refractivity contribution < 1.29 is 4.74 Å². The molecule has 0 aliphatic rings. The molecule has 0 saturated heterocycles. The summed E-state index contributed by atoms with van der Waals surface area (Å²) in [6.07, 6.45) is 1.03. The highest BCUT2D eigenvalue weighted by molar-refractivity contribution is 14.0. The van der Waals surface area contributed by atoms with Crippen LogP contribution in [0.1, 0.15) is 10.4 Å². The molecule has 0 spiro atoms. The van der Waals surface area contributed by atoms with E-state index in [1.165, 1.54) is 10.4 Å². The topological polar surface area (TPSA) is 40.1 Å². The zero-order valence-electron chi connectivity index (χ0n) is 16.6. The number of rotatable bonds is 9. The van der Waals surface area contributed by atoms with Crippen LogP contribution in [0.3, 0.4) is 0 Å². The molecule has 2 rings (SSSR count). The molecule has 0 aliphatic heterocycles. The van der Waals surface area contributed by atoms with Gasteiger partial charge in [-0.05, 0) is 49.7 Å². The van der Waals surface area contributed by atoms with Gasteiger partial charge >= 0.3 is 0 Å². The molecule has 1 heterocycles. The normalized spacial score (nSPS) is 11.2. The molecule has 7 heteroatoms. The van der Waals surface area contributed by atoms with Crippen molar-refractivity contribution in [3.05, 3.63) is 52.2 Å². The first-order chi connectivity index (χ1) is 12.6. The smallest absolute Gasteiger partial charge is 0.193 e. The first-order valence-electron chi connectivity index (χ1n) is 8.89. The number of nitrogens with one attached hydrogen (secondary N) is 1. The Hall–Kier alpha value is -1.32. The lowest BCUT2D eigenvalue weighted by Crippen LogP contribution is -2.39. The van der Waals surface area contributed by atoms with Crippen LogP contribution in [0.5, 0.6) is 5.75 Å². The van der Waals surface area contributed by atoms with E-state index in [0.717, 1.165) is 37.8 Å². The highest BCUT2D eigenvalue weighted by atomic mass is 127. The van der Waals surface area contributed by atoms with Gasteiger partial charge in [0.1, 0.15) is 12.4 Å². The van der Waals surface area contributed by atoms with Crippen LogP contribution in [-0.2, 0) is 13.0 Å². The number of aliphatic imine (C=N–C) groups is 1. The van der Waals surface area contributed by atoms with Gasteiger partial charge in [-0.2, -0.15) is 0 Å². The van der Waals surface area contributed by atoms with E-state index >= 15 is 0 Å². The summed E-state index contributed by atoms with van der Waals surface area (Å²) in [6, 6.07) is 12.5. The molecule has 150 valence electrons.